The van der Waals surface area contributed by atoms with Crippen molar-refractivity contribution in [2.24, 2.45) is 0 Å². The van der Waals surface area contributed by atoms with Crippen LogP contribution in [0.25, 0.3) is 0 Å². The Bertz CT molecular complexity index is 235. The Morgan fingerprint density at radius 3 is 2.20 bits per heavy atom. The van der Waals surface area contributed by atoms with Crippen molar-refractivity contribution in [1.29, 1.82) is 0 Å². The predicted molar refractivity (Wildman–Crippen MR) is 87.3 cm³/mol. The van der Waals surface area contributed by atoms with Gasteiger partial charge in [0.15, 0.2) is 0 Å². The summed E-state index contributed by atoms with van der Waals surface area (Å²) in [7, 11) is 0. The van der Waals surface area contributed by atoms with Crippen LogP contribution in [0.4, 0.5) is 0 Å². The first-order valence-corrected chi connectivity index (χ1v) is 8.81. The normalized spacial score (nSPS) is 18.6. The van der Waals surface area contributed by atoms with E-state index in [0.717, 1.165) is 26.2 Å². The van der Waals surface area contributed by atoms with Crippen molar-refractivity contribution in [3.63, 3.8) is 0 Å². The van der Waals surface area contributed by atoms with Gasteiger partial charge in [-0.25, -0.2) is 0 Å². The van der Waals surface area contributed by atoms with Crippen LogP contribution in [0.1, 0.15) is 66.2 Å². The third kappa shape index (κ3) is 4.44. The summed E-state index contributed by atoms with van der Waals surface area (Å²) in [6.07, 6.45) is 7.43. The molecule has 1 N–H and O–H groups in total. The molecule has 1 rings (SSSR count). The monoisotopic (exact) mass is 284 g/mol. The molecule has 0 saturated carbocycles. The van der Waals surface area contributed by atoms with E-state index in [1.165, 1.54) is 45.2 Å². The van der Waals surface area contributed by atoms with Gasteiger partial charge in [-0.3, -0.25) is 4.90 Å². The lowest BCUT2D eigenvalue weighted by molar-refractivity contribution is 0.0111. The van der Waals surface area contributed by atoms with E-state index in [2.05, 4.69) is 37.9 Å². The van der Waals surface area contributed by atoms with Crippen LogP contribution in [0, 0.1) is 0 Å². The molecule has 20 heavy (non-hydrogen) atoms. The molecule has 1 saturated heterocycles. The highest BCUT2D eigenvalue weighted by Gasteiger charge is 2.41. The molecule has 1 atom stereocenters. The Kier molecular flexibility index (Phi) is 8.74. The number of ether oxygens (including phenoxy) is 1. The second kappa shape index (κ2) is 9.75. The number of hydrogen-bond donors (Lipinski definition) is 1. The standard InChI is InChI=1S/C17H36N2O/c1-5-11-18-16(15-20-14-6-2)17(7-3,8-4)19-12-9-10-13-19/h16,18H,5-15H2,1-4H3. The average Bonchev–Trinajstić information content (AvgIpc) is 3.00. The predicted octanol–water partition coefficient (Wildman–Crippen LogP) is 3.44. The Morgan fingerprint density at radius 2 is 1.70 bits per heavy atom. The molecule has 0 aromatic carbocycles. The number of likely N-dealkylation sites (tertiary alicyclic amines) is 1. The van der Waals surface area contributed by atoms with E-state index in [0.29, 0.717) is 6.04 Å². The molecule has 0 amide bonds. The van der Waals surface area contributed by atoms with Crippen molar-refractivity contribution in [2.75, 3.05) is 32.8 Å². The van der Waals surface area contributed by atoms with Crippen molar-refractivity contribution in [2.45, 2.75) is 77.8 Å². The minimum absolute atomic E-state index is 0.277. The first-order valence-electron chi connectivity index (χ1n) is 8.81. The first kappa shape index (κ1) is 17.9. The summed E-state index contributed by atoms with van der Waals surface area (Å²) in [5.41, 5.74) is 0.277. The molecule has 1 heterocycles. The summed E-state index contributed by atoms with van der Waals surface area (Å²) >= 11 is 0. The van der Waals surface area contributed by atoms with Crippen LogP contribution in [0.3, 0.4) is 0 Å². The van der Waals surface area contributed by atoms with E-state index >= 15 is 0 Å². The molecule has 1 unspecified atom stereocenters. The molecule has 0 aromatic heterocycles. The Labute approximate surface area is 126 Å². The zero-order chi connectivity index (χ0) is 14.8. The molecule has 120 valence electrons. The van der Waals surface area contributed by atoms with Crippen LogP contribution >= 0.6 is 0 Å². The third-order valence-corrected chi connectivity index (χ3v) is 4.88. The maximum Gasteiger partial charge on any atom is 0.0637 e. The van der Waals surface area contributed by atoms with Gasteiger partial charge < -0.3 is 10.1 Å². The van der Waals surface area contributed by atoms with Gasteiger partial charge in [0.1, 0.15) is 0 Å². The second-order valence-corrected chi connectivity index (χ2v) is 6.09. The van der Waals surface area contributed by atoms with Crippen LogP contribution in [0.15, 0.2) is 0 Å². The van der Waals surface area contributed by atoms with E-state index in [-0.39, 0.29) is 5.54 Å². The summed E-state index contributed by atoms with van der Waals surface area (Å²) in [5.74, 6) is 0. The van der Waals surface area contributed by atoms with Crippen molar-refractivity contribution < 1.29 is 4.74 Å². The Morgan fingerprint density at radius 1 is 1.05 bits per heavy atom. The highest BCUT2D eigenvalue weighted by Crippen LogP contribution is 2.32. The van der Waals surface area contributed by atoms with Gasteiger partial charge in [-0.15, -0.1) is 0 Å². The SMILES string of the molecule is CCCNC(COCCC)C(CC)(CC)N1CCCC1. The molecular weight excluding hydrogens is 248 g/mol. The molecule has 3 nitrogen and oxygen atoms in total. The zero-order valence-corrected chi connectivity index (χ0v) is 14.2. The van der Waals surface area contributed by atoms with E-state index in [1.54, 1.807) is 0 Å². The molecule has 0 spiro atoms. The number of nitrogens with one attached hydrogen (secondary N) is 1. The summed E-state index contributed by atoms with van der Waals surface area (Å²) in [4.78, 5) is 2.73. The van der Waals surface area contributed by atoms with E-state index in [4.69, 9.17) is 4.74 Å². The molecule has 0 radical (unpaired) electrons. The lowest BCUT2D eigenvalue weighted by Crippen LogP contribution is -2.62. The van der Waals surface area contributed by atoms with Gasteiger partial charge in [0.05, 0.1) is 6.61 Å². The number of nitrogens with zero attached hydrogens (tertiary/aromatic N) is 1. The highest BCUT2D eigenvalue weighted by molar-refractivity contribution is 5.00. The summed E-state index contributed by atoms with van der Waals surface area (Å²) in [5, 5.41) is 3.78. The molecule has 0 aromatic rings. The topological polar surface area (TPSA) is 24.5 Å². The maximum atomic E-state index is 5.92. The molecule has 3 heteroatoms. The van der Waals surface area contributed by atoms with E-state index in [9.17, 15) is 0 Å². The lowest BCUT2D eigenvalue weighted by Gasteiger charge is -2.47. The van der Waals surface area contributed by atoms with Crippen LogP contribution < -0.4 is 5.32 Å². The van der Waals surface area contributed by atoms with Gasteiger partial charge in [-0.1, -0.05) is 27.7 Å². The molecule has 1 fully saturated rings. The Hall–Kier alpha value is -0.120. The summed E-state index contributed by atoms with van der Waals surface area (Å²) in [6.45, 7) is 14.5. The van der Waals surface area contributed by atoms with Crippen LogP contribution in [-0.2, 0) is 4.74 Å². The average molecular weight is 284 g/mol. The fourth-order valence-electron chi connectivity index (χ4n) is 3.64. The molecular formula is C17H36N2O. The van der Waals surface area contributed by atoms with Gasteiger partial charge >= 0.3 is 0 Å². The van der Waals surface area contributed by atoms with Gasteiger partial charge in [0.2, 0.25) is 0 Å². The van der Waals surface area contributed by atoms with E-state index < -0.39 is 0 Å². The minimum Gasteiger partial charge on any atom is -0.380 e. The lowest BCUT2D eigenvalue weighted by atomic mass is 9.83. The van der Waals surface area contributed by atoms with Crippen LogP contribution in [0.2, 0.25) is 0 Å². The smallest absolute Gasteiger partial charge is 0.0637 e. The molecule has 0 bridgehead atoms. The maximum absolute atomic E-state index is 5.92. The molecule has 1 aliphatic rings. The zero-order valence-electron chi connectivity index (χ0n) is 14.2. The summed E-state index contributed by atoms with van der Waals surface area (Å²) in [6, 6.07) is 0.460. The van der Waals surface area contributed by atoms with Gasteiger partial charge in [-0.2, -0.15) is 0 Å². The summed E-state index contributed by atoms with van der Waals surface area (Å²) < 4.78 is 5.92. The fraction of sp³-hybridized carbons (Fsp3) is 1.00. The van der Waals surface area contributed by atoms with Gasteiger partial charge in [0, 0.05) is 18.2 Å². The second-order valence-electron chi connectivity index (χ2n) is 6.09. The largest absolute Gasteiger partial charge is 0.380 e. The third-order valence-electron chi connectivity index (χ3n) is 4.88. The quantitative estimate of drug-likeness (QED) is 0.588. The van der Waals surface area contributed by atoms with Gasteiger partial charge in [-0.05, 0) is 58.2 Å². The van der Waals surface area contributed by atoms with Crippen LogP contribution in [0.5, 0.6) is 0 Å². The molecule has 0 aliphatic carbocycles. The van der Waals surface area contributed by atoms with Crippen LogP contribution in [-0.4, -0.2) is 49.3 Å². The van der Waals surface area contributed by atoms with Crippen molar-refractivity contribution in [3.05, 3.63) is 0 Å². The van der Waals surface area contributed by atoms with E-state index in [1.807, 2.05) is 0 Å². The van der Waals surface area contributed by atoms with Gasteiger partial charge in [0.25, 0.3) is 0 Å². The van der Waals surface area contributed by atoms with Crippen molar-refractivity contribution in [3.8, 4) is 0 Å². The number of hydrogen-bond acceptors (Lipinski definition) is 3. The fourth-order valence-corrected chi connectivity index (χ4v) is 3.64. The Balaban J connectivity index is 2.77. The minimum atomic E-state index is 0.277. The van der Waals surface area contributed by atoms with Crippen molar-refractivity contribution in [1.82, 2.24) is 10.2 Å². The number of rotatable bonds is 11. The van der Waals surface area contributed by atoms with Crippen molar-refractivity contribution >= 4 is 0 Å². The molecule has 1 aliphatic heterocycles. The highest BCUT2D eigenvalue weighted by atomic mass is 16.5. The first-order chi connectivity index (χ1) is 9.75.